The van der Waals surface area contributed by atoms with E-state index >= 15 is 0 Å². The largest absolute Gasteiger partial charge is 0.481 e. The second kappa shape index (κ2) is 8.76. The van der Waals surface area contributed by atoms with Crippen molar-refractivity contribution in [3.8, 4) is 0 Å². The molecular formula is C19H22BrN3O2. The summed E-state index contributed by atoms with van der Waals surface area (Å²) in [4.78, 5) is 12.2. The van der Waals surface area contributed by atoms with Gasteiger partial charge in [-0.1, -0.05) is 49.7 Å². The highest BCUT2D eigenvalue weighted by Crippen LogP contribution is 2.25. The molecule has 25 heavy (non-hydrogen) atoms. The molecule has 2 aromatic carbocycles. The van der Waals surface area contributed by atoms with Gasteiger partial charge in [-0.15, -0.1) is 0 Å². The lowest BCUT2D eigenvalue weighted by Gasteiger charge is -2.24. The molecule has 0 heterocycles. The molecule has 0 atom stereocenters. The number of carbonyl (C=O) groups is 1. The van der Waals surface area contributed by atoms with Crippen molar-refractivity contribution in [1.29, 1.82) is 10.8 Å². The zero-order valence-corrected chi connectivity index (χ0v) is 15.8. The molecular weight excluding hydrogens is 382 g/mol. The maximum Gasteiger partial charge on any atom is 0.303 e. The minimum absolute atomic E-state index is 0.0598. The summed E-state index contributed by atoms with van der Waals surface area (Å²) in [6, 6.07) is 12.3. The molecule has 0 saturated carbocycles. The van der Waals surface area contributed by atoms with Crippen molar-refractivity contribution >= 4 is 43.3 Å². The molecule has 0 fully saturated rings. The van der Waals surface area contributed by atoms with Crippen molar-refractivity contribution in [2.75, 3.05) is 0 Å². The Morgan fingerprint density at radius 1 is 1.08 bits per heavy atom. The number of hydrogen-bond donors (Lipinski definition) is 3. The lowest BCUT2D eigenvalue weighted by Crippen LogP contribution is -2.32. The number of rotatable bonds is 7. The molecule has 6 heteroatoms. The highest BCUT2D eigenvalue weighted by molar-refractivity contribution is 9.18. The molecule has 0 aliphatic carbocycles. The summed E-state index contributed by atoms with van der Waals surface area (Å²) < 4.78 is 0.0598. The van der Waals surface area contributed by atoms with Gasteiger partial charge in [0.1, 0.15) is 5.84 Å². The number of aliphatic carboxylic acids is 1. The van der Waals surface area contributed by atoms with Crippen LogP contribution in [0.1, 0.15) is 37.3 Å². The van der Waals surface area contributed by atoms with Crippen molar-refractivity contribution in [3.05, 3.63) is 47.5 Å². The number of hydrogen-bond acceptors (Lipinski definition) is 3. The smallest absolute Gasteiger partial charge is 0.303 e. The Kier molecular flexibility index (Phi) is 6.70. The number of nitrogens with zero attached hydrogens (tertiary/aromatic N) is 1. The number of fused-ring (bicyclic) bond motifs is 1. The summed E-state index contributed by atoms with van der Waals surface area (Å²) in [5.41, 5.74) is 2.31. The first-order valence-electron chi connectivity index (χ1n) is 8.24. The second-order valence-electron chi connectivity index (χ2n) is 5.90. The summed E-state index contributed by atoms with van der Waals surface area (Å²) in [5, 5.41) is 27.1. The van der Waals surface area contributed by atoms with Crippen LogP contribution in [0, 0.1) is 10.8 Å². The van der Waals surface area contributed by atoms with E-state index in [-0.39, 0.29) is 23.4 Å². The van der Waals surface area contributed by atoms with Gasteiger partial charge in [0.05, 0.1) is 13.0 Å². The molecule has 3 N–H and O–H groups in total. The molecule has 0 aliphatic rings. The second-order valence-corrected chi connectivity index (χ2v) is 6.65. The zero-order valence-electron chi connectivity index (χ0n) is 14.2. The molecule has 0 aromatic heterocycles. The molecule has 0 bridgehead atoms. The van der Waals surface area contributed by atoms with Gasteiger partial charge >= 0.3 is 5.97 Å². The van der Waals surface area contributed by atoms with Crippen LogP contribution in [0.3, 0.4) is 0 Å². The topological polar surface area (TPSA) is 88.2 Å². The highest BCUT2D eigenvalue weighted by Gasteiger charge is 2.17. The third-order valence-electron chi connectivity index (χ3n) is 4.09. The number of amidine groups is 2. The van der Waals surface area contributed by atoms with Crippen molar-refractivity contribution in [1.82, 2.24) is 4.90 Å². The summed E-state index contributed by atoms with van der Waals surface area (Å²) >= 11 is 3.13. The van der Waals surface area contributed by atoms with Crippen molar-refractivity contribution in [2.45, 2.75) is 39.2 Å². The van der Waals surface area contributed by atoms with E-state index in [1.54, 1.807) is 0 Å². The summed E-state index contributed by atoms with van der Waals surface area (Å²) in [7, 11) is 0. The Bertz CT molecular complexity index is 804. The van der Waals surface area contributed by atoms with Crippen molar-refractivity contribution in [3.63, 3.8) is 0 Å². The van der Waals surface area contributed by atoms with Crippen molar-refractivity contribution in [2.24, 2.45) is 0 Å². The third-order valence-corrected chi connectivity index (χ3v) is 4.52. The van der Waals surface area contributed by atoms with Gasteiger partial charge in [0.15, 0.2) is 4.74 Å². The van der Waals surface area contributed by atoms with Crippen LogP contribution in [-0.4, -0.2) is 26.6 Å². The van der Waals surface area contributed by atoms with Crippen LogP contribution in [-0.2, 0) is 17.8 Å². The van der Waals surface area contributed by atoms with E-state index < -0.39 is 5.97 Å². The van der Waals surface area contributed by atoms with Gasteiger partial charge in [0.2, 0.25) is 0 Å². The van der Waals surface area contributed by atoms with Crippen LogP contribution in [0.4, 0.5) is 0 Å². The lowest BCUT2D eigenvalue weighted by molar-refractivity contribution is -0.136. The first kappa shape index (κ1) is 19.1. The lowest BCUT2D eigenvalue weighted by atomic mass is 9.97. The van der Waals surface area contributed by atoms with Gasteiger partial charge in [0.25, 0.3) is 0 Å². The molecule has 0 saturated heterocycles. The predicted octanol–water partition coefficient (Wildman–Crippen LogP) is 4.77. The number of carboxylic acids is 1. The third kappa shape index (κ3) is 4.89. The van der Waals surface area contributed by atoms with E-state index in [9.17, 15) is 4.79 Å². The number of halogens is 1. The number of benzene rings is 2. The number of carboxylic acid groups (broad SMARTS) is 1. The van der Waals surface area contributed by atoms with Gasteiger partial charge in [0, 0.05) is 6.42 Å². The SMILES string of the molecule is CCCc1ccc(CN(C(=N)Br)C(=N)CCC(=O)O)c2ccccc12. The molecule has 2 rings (SSSR count). The summed E-state index contributed by atoms with van der Waals surface area (Å²) in [6.45, 7) is 2.51. The molecule has 0 radical (unpaired) electrons. The molecule has 132 valence electrons. The van der Waals surface area contributed by atoms with Crippen LogP contribution in [0.15, 0.2) is 36.4 Å². The van der Waals surface area contributed by atoms with E-state index in [0.29, 0.717) is 6.54 Å². The molecule has 0 spiro atoms. The van der Waals surface area contributed by atoms with Crippen molar-refractivity contribution < 1.29 is 9.90 Å². The first-order chi connectivity index (χ1) is 11.9. The number of aryl methyl sites for hydroxylation is 1. The maximum atomic E-state index is 10.7. The van der Waals surface area contributed by atoms with Crippen LogP contribution in [0.25, 0.3) is 10.8 Å². The Balaban J connectivity index is 2.33. The van der Waals surface area contributed by atoms with E-state index in [0.717, 1.165) is 23.8 Å². The fourth-order valence-electron chi connectivity index (χ4n) is 2.86. The van der Waals surface area contributed by atoms with Gasteiger partial charge in [-0.05, 0) is 44.3 Å². The standard InChI is InChI=1S/C19H22BrN3O2/c1-2-5-13-8-9-14(16-7-4-3-6-15(13)16)12-23(19(20)22)17(21)10-11-18(24)25/h3-4,6-9,21-22H,2,5,10-12H2,1H3,(H,24,25). The van der Waals surface area contributed by atoms with Crippen LogP contribution in [0.2, 0.25) is 0 Å². The minimum Gasteiger partial charge on any atom is -0.481 e. The molecule has 0 aliphatic heterocycles. The van der Waals surface area contributed by atoms with E-state index in [4.69, 9.17) is 15.9 Å². The van der Waals surface area contributed by atoms with Gasteiger partial charge in [-0.25, -0.2) is 0 Å². The van der Waals surface area contributed by atoms with Gasteiger partial charge in [-0.3, -0.25) is 15.6 Å². The average Bonchev–Trinajstić information content (AvgIpc) is 2.58. The van der Waals surface area contributed by atoms with E-state index in [1.807, 2.05) is 18.2 Å². The minimum atomic E-state index is -0.944. The fraction of sp³-hybridized carbons (Fsp3) is 0.316. The van der Waals surface area contributed by atoms with Crippen LogP contribution < -0.4 is 0 Å². The Morgan fingerprint density at radius 3 is 2.24 bits per heavy atom. The molecule has 0 amide bonds. The monoisotopic (exact) mass is 403 g/mol. The van der Waals surface area contributed by atoms with Crippen LogP contribution in [0.5, 0.6) is 0 Å². The van der Waals surface area contributed by atoms with E-state index in [1.165, 1.54) is 15.8 Å². The Labute approximate surface area is 155 Å². The quantitative estimate of drug-likeness (QED) is 0.353. The normalized spacial score (nSPS) is 10.6. The average molecular weight is 404 g/mol. The summed E-state index contributed by atoms with van der Waals surface area (Å²) in [5.74, 6) is -0.828. The summed E-state index contributed by atoms with van der Waals surface area (Å²) in [6.07, 6.45) is 2.05. The Hall–Kier alpha value is -2.21. The molecule has 2 aromatic rings. The predicted molar refractivity (Wildman–Crippen MR) is 105 cm³/mol. The fourth-order valence-corrected chi connectivity index (χ4v) is 3.20. The van der Waals surface area contributed by atoms with Gasteiger partial charge in [-0.2, -0.15) is 0 Å². The highest BCUT2D eigenvalue weighted by atomic mass is 79.9. The zero-order chi connectivity index (χ0) is 18.4. The van der Waals surface area contributed by atoms with Crippen LogP contribution >= 0.6 is 15.9 Å². The van der Waals surface area contributed by atoms with Gasteiger partial charge < -0.3 is 10.0 Å². The molecule has 0 unspecified atom stereocenters. The Morgan fingerprint density at radius 2 is 1.68 bits per heavy atom. The first-order valence-corrected chi connectivity index (χ1v) is 9.03. The maximum absolute atomic E-state index is 10.7. The van der Waals surface area contributed by atoms with E-state index in [2.05, 4.69) is 41.1 Å². The number of nitrogens with one attached hydrogen (secondary N) is 2. The molecule has 5 nitrogen and oxygen atoms in total.